The van der Waals surface area contributed by atoms with Crippen molar-refractivity contribution in [1.82, 2.24) is 0 Å². The monoisotopic (exact) mass is 378 g/mol. The number of carbonyl (C=O) groups excluding carboxylic acids is 1. The Kier molecular flexibility index (Phi) is 15.1. The molecule has 0 saturated carbocycles. The van der Waals surface area contributed by atoms with Crippen molar-refractivity contribution in [1.29, 1.82) is 0 Å². The molecule has 0 aromatic heterocycles. The van der Waals surface area contributed by atoms with Gasteiger partial charge in [0.1, 0.15) is 6.10 Å². The number of ether oxygens (including phenoxy) is 1. The topological polar surface area (TPSA) is 46.5 Å². The van der Waals surface area contributed by atoms with Gasteiger partial charge in [0.25, 0.3) is 0 Å². The van der Waals surface area contributed by atoms with Gasteiger partial charge in [-0.25, -0.2) is 0 Å². The maximum Gasteiger partial charge on any atom is 0.308 e. The van der Waals surface area contributed by atoms with Crippen molar-refractivity contribution in [3.05, 3.63) is 24.3 Å². The fourth-order valence-corrected chi connectivity index (χ4v) is 3.51. The number of cyclic esters (lactones) is 1. The molecule has 27 heavy (non-hydrogen) atoms. The van der Waals surface area contributed by atoms with Crippen molar-refractivity contribution in [3.8, 4) is 0 Å². The lowest BCUT2D eigenvalue weighted by atomic mass is 10.0. The molecule has 0 saturated heterocycles. The second kappa shape index (κ2) is 17.0. The fraction of sp³-hybridized carbons (Fsp3) is 0.792. The zero-order valence-electron chi connectivity index (χ0n) is 17.5. The van der Waals surface area contributed by atoms with Crippen molar-refractivity contribution in [2.45, 2.75) is 122 Å². The fourth-order valence-electron chi connectivity index (χ4n) is 3.51. The Hall–Kier alpha value is -1.09. The predicted octanol–water partition coefficient (Wildman–Crippen LogP) is 6.65. The van der Waals surface area contributed by atoms with Crippen molar-refractivity contribution in [3.63, 3.8) is 0 Å². The molecule has 3 nitrogen and oxygen atoms in total. The SMILES string of the molecule is CC1C/C=C/CC/C=C\CCCCCCCCCCCC[C@H](O)CC(=O)O1. The Bertz CT molecular complexity index is 414. The van der Waals surface area contributed by atoms with Crippen molar-refractivity contribution >= 4 is 5.97 Å². The molecule has 1 aliphatic heterocycles. The molecule has 3 heteroatoms. The van der Waals surface area contributed by atoms with Gasteiger partial charge in [-0.3, -0.25) is 4.79 Å². The molecule has 0 radical (unpaired) electrons. The highest BCUT2D eigenvalue weighted by Gasteiger charge is 2.14. The zero-order chi connectivity index (χ0) is 19.6. The summed E-state index contributed by atoms with van der Waals surface area (Å²) in [6.45, 7) is 1.92. The molecule has 0 aliphatic carbocycles. The Morgan fingerprint density at radius 1 is 0.778 bits per heavy atom. The molecule has 0 amide bonds. The summed E-state index contributed by atoms with van der Waals surface area (Å²) < 4.78 is 5.39. The molecule has 1 aliphatic rings. The van der Waals surface area contributed by atoms with E-state index < -0.39 is 6.10 Å². The lowest BCUT2D eigenvalue weighted by Gasteiger charge is -2.14. The van der Waals surface area contributed by atoms with E-state index in [1.165, 1.54) is 57.8 Å². The number of hydrogen-bond acceptors (Lipinski definition) is 3. The van der Waals surface area contributed by atoms with E-state index in [1.807, 2.05) is 6.92 Å². The number of rotatable bonds is 0. The van der Waals surface area contributed by atoms with E-state index in [-0.39, 0.29) is 18.5 Å². The summed E-state index contributed by atoms with van der Waals surface area (Å²) in [6, 6.07) is 0. The standard InChI is InChI=1S/C24H42O3/c1-22-19-17-15-13-11-9-7-5-3-2-4-6-8-10-12-14-16-18-20-23(25)21-24(26)27-22/h7,9,15,17,22-23,25H,2-6,8,10-14,16,18-21H2,1H3/b9-7-,17-15+/t22?,23-/m0/s1. The first-order valence-corrected chi connectivity index (χ1v) is 11.4. The minimum Gasteiger partial charge on any atom is -0.462 e. The van der Waals surface area contributed by atoms with E-state index in [9.17, 15) is 9.90 Å². The maximum atomic E-state index is 11.9. The molecule has 156 valence electrons. The van der Waals surface area contributed by atoms with Crippen molar-refractivity contribution in [2.24, 2.45) is 0 Å². The van der Waals surface area contributed by atoms with Crippen molar-refractivity contribution < 1.29 is 14.6 Å². The molecule has 0 bridgehead atoms. The van der Waals surface area contributed by atoms with Gasteiger partial charge in [-0.2, -0.15) is 0 Å². The first kappa shape index (κ1) is 23.9. The van der Waals surface area contributed by atoms with Crippen LogP contribution in [0.2, 0.25) is 0 Å². The van der Waals surface area contributed by atoms with Crippen LogP contribution < -0.4 is 0 Å². The molecule has 1 heterocycles. The van der Waals surface area contributed by atoms with Gasteiger partial charge in [0.05, 0.1) is 12.5 Å². The lowest BCUT2D eigenvalue weighted by molar-refractivity contribution is -0.150. The number of allylic oxidation sites excluding steroid dienone is 3. The molecular formula is C24H42O3. The van der Waals surface area contributed by atoms with Crippen molar-refractivity contribution in [2.75, 3.05) is 0 Å². The van der Waals surface area contributed by atoms with Crippen LogP contribution in [0.4, 0.5) is 0 Å². The average Bonchev–Trinajstić information content (AvgIpc) is 2.62. The van der Waals surface area contributed by atoms with Crippen LogP contribution in [-0.4, -0.2) is 23.3 Å². The second-order valence-electron chi connectivity index (χ2n) is 8.03. The molecule has 0 fully saturated rings. The van der Waals surface area contributed by atoms with Crippen LogP contribution in [0.15, 0.2) is 24.3 Å². The predicted molar refractivity (Wildman–Crippen MR) is 114 cm³/mol. The molecule has 0 aromatic carbocycles. The van der Waals surface area contributed by atoms with Gasteiger partial charge in [0.15, 0.2) is 0 Å². The third kappa shape index (κ3) is 15.6. The smallest absolute Gasteiger partial charge is 0.308 e. The summed E-state index contributed by atoms with van der Waals surface area (Å²) in [5.74, 6) is -0.277. The number of aliphatic hydroxyl groups is 1. The van der Waals surface area contributed by atoms with Gasteiger partial charge in [0.2, 0.25) is 0 Å². The summed E-state index contributed by atoms with van der Waals surface area (Å²) in [5, 5.41) is 10.0. The maximum absolute atomic E-state index is 11.9. The van der Waals surface area contributed by atoms with Gasteiger partial charge in [-0.05, 0) is 39.0 Å². The molecule has 2 atom stereocenters. The van der Waals surface area contributed by atoms with Crippen LogP contribution in [0.25, 0.3) is 0 Å². The third-order valence-electron chi connectivity index (χ3n) is 5.19. The number of hydrogen-bond donors (Lipinski definition) is 1. The highest BCUT2D eigenvalue weighted by molar-refractivity contribution is 5.70. The van der Waals surface area contributed by atoms with Crippen LogP contribution in [0, 0.1) is 0 Å². The summed E-state index contributed by atoms with van der Waals surface area (Å²) in [7, 11) is 0. The summed E-state index contributed by atoms with van der Waals surface area (Å²) in [6.07, 6.45) is 25.9. The summed E-state index contributed by atoms with van der Waals surface area (Å²) >= 11 is 0. The Morgan fingerprint density at radius 2 is 1.30 bits per heavy atom. The van der Waals surface area contributed by atoms with Crippen LogP contribution in [0.1, 0.15) is 110 Å². The molecule has 1 unspecified atom stereocenters. The minimum absolute atomic E-state index is 0.123. The van der Waals surface area contributed by atoms with E-state index in [4.69, 9.17) is 4.74 Å². The zero-order valence-corrected chi connectivity index (χ0v) is 17.5. The molecule has 0 spiro atoms. The van der Waals surface area contributed by atoms with Crippen LogP contribution in [-0.2, 0) is 9.53 Å². The Morgan fingerprint density at radius 3 is 1.96 bits per heavy atom. The first-order chi connectivity index (χ1) is 13.2. The van der Waals surface area contributed by atoms with E-state index >= 15 is 0 Å². The second-order valence-corrected chi connectivity index (χ2v) is 8.03. The normalized spacial score (nSPS) is 29.2. The van der Waals surface area contributed by atoms with E-state index in [0.29, 0.717) is 6.42 Å². The largest absolute Gasteiger partial charge is 0.462 e. The van der Waals surface area contributed by atoms with Gasteiger partial charge < -0.3 is 9.84 Å². The van der Waals surface area contributed by atoms with Gasteiger partial charge in [-0.15, -0.1) is 0 Å². The number of aliphatic hydroxyl groups excluding tert-OH is 1. The number of esters is 1. The van der Waals surface area contributed by atoms with E-state index in [2.05, 4.69) is 24.3 Å². The summed E-state index contributed by atoms with van der Waals surface area (Å²) in [5.41, 5.74) is 0. The molecule has 0 aromatic rings. The molecule has 1 rings (SSSR count). The molecule has 1 N–H and O–H groups in total. The third-order valence-corrected chi connectivity index (χ3v) is 5.19. The summed E-state index contributed by atoms with van der Waals surface area (Å²) in [4.78, 5) is 11.9. The quantitative estimate of drug-likeness (QED) is 0.379. The highest BCUT2D eigenvalue weighted by Crippen LogP contribution is 2.14. The number of carbonyl (C=O) groups is 1. The van der Waals surface area contributed by atoms with E-state index in [0.717, 1.165) is 32.1 Å². The van der Waals surface area contributed by atoms with E-state index in [1.54, 1.807) is 0 Å². The van der Waals surface area contributed by atoms with Gasteiger partial charge >= 0.3 is 5.97 Å². The average molecular weight is 379 g/mol. The Labute approximate surface area is 167 Å². The Balaban J connectivity index is 2.33. The highest BCUT2D eigenvalue weighted by atomic mass is 16.5. The van der Waals surface area contributed by atoms with Crippen LogP contribution in [0.5, 0.6) is 0 Å². The molecular weight excluding hydrogens is 336 g/mol. The van der Waals surface area contributed by atoms with Crippen LogP contribution >= 0.6 is 0 Å². The van der Waals surface area contributed by atoms with Gasteiger partial charge in [-0.1, -0.05) is 82.1 Å². The first-order valence-electron chi connectivity index (χ1n) is 11.4. The van der Waals surface area contributed by atoms with Crippen LogP contribution in [0.3, 0.4) is 0 Å². The van der Waals surface area contributed by atoms with Gasteiger partial charge in [0, 0.05) is 6.42 Å². The lowest BCUT2D eigenvalue weighted by Crippen LogP contribution is -2.20. The minimum atomic E-state index is -0.558.